The van der Waals surface area contributed by atoms with Crippen LogP contribution in [0.2, 0.25) is 0 Å². The Hall–Kier alpha value is -2.19. The highest BCUT2D eigenvalue weighted by atomic mass is 32.1. The number of hydrogen-bond donors (Lipinski definition) is 1. The summed E-state index contributed by atoms with van der Waals surface area (Å²) < 4.78 is 45.6. The molecule has 1 aliphatic heterocycles. The van der Waals surface area contributed by atoms with Crippen LogP contribution in [0.15, 0.2) is 42.5 Å². The standard InChI is InChI=1S/C21H23F3N2O2S/c1-25(10-14-5-3-2-4-6-14)21(27)26-11-17(29)8-16(26)13-28-12-15-7-19(23)20(24)9-18(15)22/h2-7,9,16-17,29H,8,10-13H2,1H3/t16-,17+/m0/s1. The van der Waals surface area contributed by atoms with Crippen molar-refractivity contribution in [2.24, 2.45) is 0 Å². The van der Waals surface area contributed by atoms with E-state index in [1.165, 1.54) is 0 Å². The molecule has 1 fully saturated rings. The second-order valence-corrected chi connectivity index (χ2v) is 7.92. The van der Waals surface area contributed by atoms with Gasteiger partial charge in [0.05, 0.1) is 19.3 Å². The second-order valence-electron chi connectivity index (χ2n) is 7.19. The SMILES string of the molecule is CN(Cc1ccccc1)C(=O)N1C[C@H](S)C[C@H]1COCc1cc(F)c(F)cc1F. The molecule has 3 rings (SSSR count). The van der Waals surface area contributed by atoms with E-state index in [0.717, 1.165) is 11.6 Å². The third-order valence-corrected chi connectivity index (χ3v) is 5.26. The summed E-state index contributed by atoms with van der Waals surface area (Å²) in [5, 5.41) is 0.0117. The van der Waals surface area contributed by atoms with Gasteiger partial charge >= 0.3 is 6.03 Å². The van der Waals surface area contributed by atoms with E-state index in [-0.39, 0.29) is 36.1 Å². The summed E-state index contributed by atoms with van der Waals surface area (Å²) in [4.78, 5) is 16.2. The quantitative estimate of drug-likeness (QED) is 0.556. The Morgan fingerprint density at radius 1 is 1.17 bits per heavy atom. The monoisotopic (exact) mass is 424 g/mol. The lowest BCUT2D eigenvalue weighted by Gasteiger charge is -2.29. The van der Waals surface area contributed by atoms with Crippen LogP contribution in [0.4, 0.5) is 18.0 Å². The van der Waals surface area contributed by atoms with Gasteiger partial charge in [0.15, 0.2) is 11.6 Å². The van der Waals surface area contributed by atoms with E-state index in [4.69, 9.17) is 4.74 Å². The molecule has 2 aromatic rings. The Balaban J connectivity index is 1.58. The largest absolute Gasteiger partial charge is 0.375 e. The van der Waals surface area contributed by atoms with Crippen molar-refractivity contribution < 1.29 is 22.7 Å². The fourth-order valence-corrected chi connectivity index (χ4v) is 3.83. The van der Waals surface area contributed by atoms with E-state index in [9.17, 15) is 18.0 Å². The van der Waals surface area contributed by atoms with Crippen LogP contribution in [0.1, 0.15) is 17.5 Å². The molecule has 1 heterocycles. The van der Waals surface area contributed by atoms with Crippen LogP contribution in [0.5, 0.6) is 0 Å². The van der Waals surface area contributed by atoms with E-state index in [2.05, 4.69) is 12.6 Å². The molecule has 0 aromatic heterocycles. The lowest BCUT2D eigenvalue weighted by atomic mass is 10.2. The van der Waals surface area contributed by atoms with E-state index >= 15 is 0 Å². The first-order valence-electron chi connectivity index (χ1n) is 9.30. The lowest BCUT2D eigenvalue weighted by Crippen LogP contribution is -2.45. The van der Waals surface area contributed by atoms with Crippen molar-refractivity contribution in [1.82, 2.24) is 9.80 Å². The Labute approximate surface area is 173 Å². The summed E-state index contributed by atoms with van der Waals surface area (Å²) in [5.41, 5.74) is 0.954. The van der Waals surface area contributed by atoms with E-state index in [1.54, 1.807) is 16.8 Å². The molecule has 2 aromatic carbocycles. The fraction of sp³-hybridized carbons (Fsp3) is 0.381. The predicted molar refractivity (Wildman–Crippen MR) is 107 cm³/mol. The number of likely N-dealkylation sites (tertiary alicyclic amines) is 1. The molecule has 4 nitrogen and oxygen atoms in total. The maximum atomic E-state index is 13.7. The molecule has 0 bridgehead atoms. The number of nitrogens with zero attached hydrogens (tertiary/aromatic N) is 2. The highest BCUT2D eigenvalue weighted by Gasteiger charge is 2.35. The van der Waals surface area contributed by atoms with Crippen molar-refractivity contribution in [3.63, 3.8) is 0 Å². The zero-order valence-corrected chi connectivity index (χ0v) is 16.9. The number of ether oxygens (including phenoxy) is 1. The number of halogens is 3. The summed E-state index contributed by atoms with van der Waals surface area (Å²) in [5.74, 6) is -3.23. The molecule has 156 valence electrons. The molecule has 2 amide bonds. The topological polar surface area (TPSA) is 32.8 Å². The zero-order valence-electron chi connectivity index (χ0n) is 16.0. The molecule has 0 N–H and O–H groups in total. The van der Waals surface area contributed by atoms with Crippen LogP contribution in [-0.2, 0) is 17.9 Å². The maximum absolute atomic E-state index is 13.7. The number of carbonyl (C=O) groups excluding carboxylic acids is 1. The van der Waals surface area contributed by atoms with E-state index in [0.29, 0.717) is 25.6 Å². The van der Waals surface area contributed by atoms with Gasteiger partial charge < -0.3 is 14.5 Å². The first-order chi connectivity index (χ1) is 13.8. The molecule has 8 heteroatoms. The minimum absolute atomic E-state index is 0.0117. The Morgan fingerprint density at radius 2 is 1.86 bits per heavy atom. The van der Waals surface area contributed by atoms with Gasteiger partial charge in [0.2, 0.25) is 0 Å². The number of rotatable bonds is 6. The fourth-order valence-electron chi connectivity index (χ4n) is 3.41. The second kappa shape index (κ2) is 9.54. The number of carbonyl (C=O) groups is 1. The summed E-state index contributed by atoms with van der Waals surface area (Å²) in [6, 6.07) is 10.6. The molecular formula is C21H23F3N2O2S. The van der Waals surface area contributed by atoms with E-state index < -0.39 is 17.5 Å². The zero-order chi connectivity index (χ0) is 21.0. The van der Waals surface area contributed by atoms with Gasteiger partial charge in [0, 0.05) is 37.0 Å². The van der Waals surface area contributed by atoms with Crippen molar-refractivity contribution in [3.05, 3.63) is 71.0 Å². The first-order valence-corrected chi connectivity index (χ1v) is 9.81. The van der Waals surface area contributed by atoms with Gasteiger partial charge in [-0.3, -0.25) is 0 Å². The summed E-state index contributed by atoms with van der Waals surface area (Å²) in [7, 11) is 1.73. The number of urea groups is 1. The van der Waals surface area contributed by atoms with E-state index in [1.807, 2.05) is 30.3 Å². The normalized spacial score (nSPS) is 18.9. The maximum Gasteiger partial charge on any atom is 0.320 e. The summed E-state index contributed by atoms with van der Waals surface area (Å²) >= 11 is 4.49. The van der Waals surface area contributed by atoms with Crippen molar-refractivity contribution in [2.45, 2.75) is 30.9 Å². The molecule has 1 saturated heterocycles. The third kappa shape index (κ3) is 5.45. The number of amides is 2. The van der Waals surface area contributed by atoms with Crippen LogP contribution < -0.4 is 0 Å². The minimum Gasteiger partial charge on any atom is -0.375 e. The van der Waals surface area contributed by atoms with Gasteiger partial charge in [0.1, 0.15) is 5.82 Å². The average Bonchev–Trinajstić information content (AvgIpc) is 3.06. The van der Waals surface area contributed by atoms with Gasteiger partial charge in [-0.15, -0.1) is 0 Å². The molecule has 0 spiro atoms. The van der Waals surface area contributed by atoms with Gasteiger partial charge in [-0.1, -0.05) is 30.3 Å². The van der Waals surface area contributed by atoms with Gasteiger partial charge in [-0.05, 0) is 18.1 Å². The van der Waals surface area contributed by atoms with Crippen molar-refractivity contribution in [2.75, 3.05) is 20.2 Å². The third-order valence-electron chi connectivity index (χ3n) is 4.88. The van der Waals surface area contributed by atoms with Crippen LogP contribution in [0.3, 0.4) is 0 Å². The molecule has 2 atom stereocenters. The minimum atomic E-state index is -1.24. The lowest BCUT2D eigenvalue weighted by molar-refractivity contribution is 0.0674. The van der Waals surface area contributed by atoms with Crippen molar-refractivity contribution in [3.8, 4) is 0 Å². The highest BCUT2D eigenvalue weighted by Crippen LogP contribution is 2.24. The summed E-state index contributed by atoms with van der Waals surface area (Å²) in [6.45, 7) is 0.898. The molecule has 29 heavy (non-hydrogen) atoms. The Morgan fingerprint density at radius 3 is 2.59 bits per heavy atom. The molecule has 0 radical (unpaired) electrons. The molecule has 0 saturated carbocycles. The molecule has 0 unspecified atom stereocenters. The van der Waals surface area contributed by atoms with Crippen LogP contribution in [0, 0.1) is 17.5 Å². The van der Waals surface area contributed by atoms with Crippen LogP contribution >= 0.6 is 12.6 Å². The van der Waals surface area contributed by atoms with Crippen LogP contribution in [-0.4, -0.2) is 47.3 Å². The van der Waals surface area contributed by atoms with Crippen molar-refractivity contribution >= 4 is 18.7 Å². The molecule has 1 aliphatic rings. The van der Waals surface area contributed by atoms with Gasteiger partial charge in [0.25, 0.3) is 0 Å². The smallest absolute Gasteiger partial charge is 0.320 e. The van der Waals surface area contributed by atoms with Gasteiger partial charge in [-0.25, -0.2) is 18.0 Å². The summed E-state index contributed by atoms with van der Waals surface area (Å²) in [6.07, 6.45) is 0.633. The number of hydrogen-bond acceptors (Lipinski definition) is 3. The number of benzene rings is 2. The number of thiol groups is 1. The highest BCUT2D eigenvalue weighted by molar-refractivity contribution is 7.81. The van der Waals surface area contributed by atoms with Crippen molar-refractivity contribution in [1.29, 1.82) is 0 Å². The first kappa shape index (κ1) is 21.5. The van der Waals surface area contributed by atoms with Crippen LogP contribution in [0.25, 0.3) is 0 Å². The van der Waals surface area contributed by atoms with Gasteiger partial charge in [-0.2, -0.15) is 12.6 Å². The molecule has 0 aliphatic carbocycles. The predicted octanol–water partition coefficient (Wildman–Crippen LogP) is 4.25. The Bertz CT molecular complexity index is 853. The molecular weight excluding hydrogens is 401 g/mol. The Kier molecular flexibility index (Phi) is 7.08. The average molecular weight is 424 g/mol.